The third-order valence-corrected chi connectivity index (χ3v) is 3.34. The molecule has 2 aromatic rings. The average molecular weight is 305 g/mol. The molecule has 1 amide bonds. The van der Waals surface area contributed by atoms with Crippen LogP contribution in [0.1, 0.15) is 22.8 Å². The molecular weight excluding hydrogens is 288 g/mol. The molecule has 2 aromatic carbocycles. The SMILES string of the molecule is CCOc1cc(N)cc(C(=O)Nc2ccc(C)c(Cl)c2)c1. The van der Waals surface area contributed by atoms with E-state index in [4.69, 9.17) is 22.1 Å². The average Bonchev–Trinajstić information content (AvgIpc) is 2.42. The van der Waals surface area contributed by atoms with Gasteiger partial charge in [0.2, 0.25) is 0 Å². The summed E-state index contributed by atoms with van der Waals surface area (Å²) in [4.78, 5) is 12.3. The van der Waals surface area contributed by atoms with Crippen LogP contribution in [0.3, 0.4) is 0 Å². The van der Waals surface area contributed by atoms with E-state index in [0.29, 0.717) is 34.3 Å². The number of rotatable bonds is 4. The number of nitrogens with one attached hydrogen (secondary N) is 1. The first-order chi connectivity index (χ1) is 9.99. The van der Waals surface area contributed by atoms with Crippen LogP contribution in [0.5, 0.6) is 5.75 Å². The van der Waals surface area contributed by atoms with Crippen molar-refractivity contribution in [2.75, 3.05) is 17.7 Å². The van der Waals surface area contributed by atoms with Crippen LogP contribution in [0.4, 0.5) is 11.4 Å². The van der Waals surface area contributed by atoms with Crippen molar-refractivity contribution in [2.24, 2.45) is 0 Å². The topological polar surface area (TPSA) is 64.3 Å². The number of nitrogen functional groups attached to an aromatic ring is 1. The van der Waals surface area contributed by atoms with Gasteiger partial charge in [-0.25, -0.2) is 0 Å². The van der Waals surface area contributed by atoms with E-state index in [2.05, 4.69) is 5.32 Å². The molecule has 2 rings (SSSR count). The van der Waals surface area contributed by atoms with Crippen LogP contribution in [0.25, 0.3) is 0 Å². The first-order valence-electron chi connectivity index (χ1n) is 6.60. The van der Waals surface area contributed by atoms with Gasteiger partial charge in [0.1, 0.15) is 5.75 Å². The maximum absolute atomic E-state index is 12.3. The van der Waals surface area contributed by atoms with Crippen molar-refractivity contribution in [3.05, 3.63) is 52.5 Å². The minimum absolute atomic E-state index is 0.261. The Morgan fingerprint density at radius 3 is 2.71 bits per heavy atom. The quantitative estimate of drug-likeness (QED) is 0.842. The van der Waals surface area contributed by atoms with Crippen molar-refractivity contribution in [1.82, 2.24) is 0 Å². The second-order valence-corrected chi connectivity index (χ2v) is 5.05. The molecule has 0 unspecified atom stereocenters. The maximum atomic E-state index is 12.3. The number of ether oxygens (including phenoxy) is 1. The lowest BCUT2D eigenvalue weighted by Gasteiger charge is -2.10. The van der Waals surface area contributed by atoms with E-state index >= 15 is 0 Å². The molecule has 0 fully saturated rings. The second-order valence-electron chi connectivity index (χ2n) is 4.64. The van der Waals surface area contributed by atoms with Crippen molar-refractivity contribution in [3.8, 4) is 5.75 Å². The largest absolute Gasteiger partial charge is 0.494 e. The Balaban J connectivity index is 2.21. The zero-order chi connectivity index (χ0) is 15.4. The number of halogens is 1. The summed E-state index contributed by atoms with van der Waals surface area (Å²) in [5.41, 5.74) is 8.29. The smallest absolute Gasteiger partial charge is 0.255 e. The number of amides is 1. The Morgan fingerprint density at radius 1 is 1.29 bits per heavy atom. The summed E-state index contributed by atoms with van der Waals surface area (Å²) in [5.74, 6) is 0.313. The fourth-order valence-corrected chi connectivity index (χ4v) is 2.06. The molecule has 0 aliphatic rings. The summed E-state index contributed by atoms with van der Waals surface area (Å²) in [6, 6.07) is 10.3. The monoisotopic (exact) mass is 304 g/mol. The van der Waals surface area contributed by atoms with Crippen LogP contribution in [-0.2, 0) is 0 Å². The van der Waals surface area contributed by atoms with Gasteiger partial charge in [-0.05, 0) is 43.7 Å². The summed E-state index contributed by atoms with van der Waals surface area (Å²) in [5, 5.41) is 3.40. The Bertz CT molecular complexity index is 671. The van der Waals surface area contributed by atoms with E-state index in [0.717, 1.165) is 5.56 Å². The zero-order valence-corrected chi connectivity index (χ0v) is 12.7. The number of carbonyl (C=O) groups is 1. The normalized spacial score (nSPS) is 10.2. The van der Waals surface area contributed by atoms with Crippen LogP contribution in [0, 0.1) is 6.92 Å². The molecule has 0 atom stereocenters. The van der Waals surface area contributed by atoms with E-state index in [1.54, 1.807) is 30.3 Å². The Morgan fingerprint density at radius 2 is 2.05 bits per heavy atom. The molecule has 5 heteroatoms. The lowest BCUT2D eigenvalue weighted by atomic mass is 10.1. The zero-order valence-electron chi connectivity index (χ0n) is 11.9. The molecule has 3 N–H and O–H groups in total. The third kappa shape index (κ3) is 3.89. The van der Waals surface area contributed by atoms with Crippen molar-refractivity contribution < 1.29 is 9.53 Å². The van der Waals surface area contributed by atoms with Crippen molar-refractivity contribution in [2.45, 2.75) is 13.8 Å². The van der Waals surface area contributed by atoms with Crippen LogP contribution < -0.4 is 15.8 Å². The Hall–Kier alpha value is -2.20. The standard InChI is InChI=1S/C16H17ClN2O2/c1-3-21-14-7-11(6-12(18)8-14)16(20)19-13-5-4-10(2)15(17)9-13/h4-9H,3,18H2,1-2H3,(H,19,20). The van der Waals surface area contributed by atoms with E-state index in [1.165, 1.54) is 0 Å². The number of nitrogens with two attached hydrogens (primary N) is 1. The second kappa shape index (κ2) is 6.50. The summed E-state index contributed by atoms with van der Waals surface area (Å²) < 4.78 is 5.38. The fourth-order valence-electron chi connectivity index (χ4n) is 1.88. The molecule has 0 aliphatic carbocycles. The highest BCUT2D eigenvalue weighted by Gasteiger charge is 2.10. The Labute approximate surface area is 128 Å². The molecule has 4 nitrogen and oxygen atoms in total. The summed E-state index contributed by atoms with van der Waals surface area (Å²) >= 11 is 6.04. The number of carbonyl (C=O) groups excluding carboxylic acids is 1. The first kappa shape index (κ1) is 15.2. The minimum Gasteiger partial charge on any atom is -0.494 e. The molecule has 0 saturated carbocycles. The van der Waals surface area contributed by atoms with E-state index < -0.39 is 0 Å². The molecular formula is C16H17ClN2O2. The lowest BCUT2D eigenvalue weighted by molar-refractivity contribution is 0.102. The highest BCUT2D eigenvalue weighted by atomic mass is 35.5. The highest BCUT2D eigenvalue weighted by Crippen LogP contribution is 2.22. The van der Waals surface area contributed by atoms with Gasteiger partial charge in [-0.2, -0.15) is 0 Å². The lowest BCUT2D eigenvalue weighted by Crippen LogP contribution is -2.12. The van der Waals surface area contributed by atoms with Gasteiger partial charge in [-0.3, -0.25) is 4.79 Å². The molecule has 0 aromatic heterocycles. The third-order valence-electron chi connectivity index (χ3n) is 2.93. The molecule has 0 radical (unpaired) electrons. The summed E-state index contributed by atoms with van der Waals surface area (Å²) in [6.45, 7) is 4.29. The summed E-state index contributed by atoms with van der Waals surface area (Å²) in [7, 11) is 0. The molecule has 0 aliphatic heterocycles. The van der Waals surface area contributed by atoms with Gasteiger partial charge in [0.15, 0.2) is 0 Å². The first-order valence-corrected chi connectivity index (χ1v) is 6.98. The fraction of sp³-hybridized carbons (Fsp3) is 0.188. The van der Waals surface area contributed by atoms with Crippen molar-refractivity contribution >= 4 is 28.9 Å². The molecule has 21 heavy (non-hydrogen) atoms. The number of anilines is 2. The van der Waals surface area contributed by atoms with E-state index in [-0.39, 0.29) is 5.91 Å². The van der Waals surface area contributed by atoms with Crippen LogP contribution >= 0.6 is 11.6 Å². The molecule has 110 valence electrons. The summed E-state index contributed by atoms with van der Waals surface area (Å²) in [6.07, 6.45) is 0. The van der Waals surface area contributed by atoms with Crippen LogP contribution in [-0.4, -0.2) is 12.5 Å². The van der Waals surface area contributed by atoms with Crippen molar-refractivity contribution in [3.63, 3.8) is 0 Å². The van der Waals surface area contributed by atoms with Gasteiger partial charge in [-0.1, -0.05) is 17.7 Å². The van der Waals surface area contributed by atoms with Gasteiger partial charge in [0, 0.05) is 28.0 Å². The number of aryl methyl sites for hydroxylation is 1. The minimum atomic E-state index is -0.261. The predicted molar refractivity (Wildman–Crippen MR) is 86.2 cm³/mol. The predicted octanol–water partition coefficient (Wildman–Crippen LogP) is 3.88. The van der Waals surface area contributed by atoms with Gasteiger partial charge in [0.05, 0.1) is 6.61 Å². The number of hydrogen-bond donors (Lipinski definition) is 2. The van der Waals surface area contributed by atoms with Gasteiger partial charge in [0.25, 0.3) is 5.91 Å². The molecule has 0 spiro atoms. The molecule has 0 bridgehead atoms. The Kier molecular flexibility index (Phi) is 4.70. The van der Waals surface area contributed by atoms with Gasteiger partial charge >= 0.3 is 0 Å². The number of hydrogen-bond acceptors (Lipinski definition) is 3. The van der Waals surface area contributed by atoms with Gasteiger partial charge < -0.3 is 15.8 Å². The molecule has 0 heterocycles. The number of benzene rings is 2. The van der Waals surface area contributed by atoms with E-state index in [1.807, 2.05) is 19.9 Å². The van der Waals surface area contributed by atoms with Crippen LogP contribution in [0.15, 0.2) is 36.4 Å². The maximum Gasteiger partial charge on any atom is 0.255 e. The van der Waals surface area contributed by atoms with Crippen molar-refractivity contribution in [1.29, 1.82) is 0 Å². The molecule has 0 saturated heterocycles. The van der Waals surface area contributed by atoms with Gasteiger partial charge in [-0.15, -0.1) is 0 Å². The van der Waals surface area contributed by atoms with Crippen LogP contribution in [0.2, 0.25) is 5.02 Å². The highest BCUT2D eigenvalue weighted by molar-refractivity contribution is 6.31. The van der Waals surface area contributed by atoms with E-state index in [9.17, 15) is 4.79 Å².